The van der Waals surface area contributed by atoms with Gasteiger partial charge in [0.15, 0.2) is 0 Å². The Morgan fingerprint density at radius 2 is 1.07 bits per heavy atom. The van der Waals surface area contributed by atoms with Gasteiger partial charge in [-0.15, -0.1) is 24.3 Å². The van der Waals surface area contributed by atoms with Crippen LogP contribution in [-0.2, 0) is 38.1 Å². The molecule has 3 heterocycles. The number of alkyl halides is 3. The summed E-state index contributed by atoms with van der Waals surface area (Å²) in [5.74, 6) is 0.154. The largest absolute Gasteiger partial charge is 0.507 e. The summed E-state index contributed by atoms with van der Waals surface area (Å²) >= 11 is 0. The maximum Gasteiger partial charge on any atom is 0.416 e. The standard InChI is InChI=1S/C61H49F3N3O.Pt/c1-59(2,3)46-31-43(32-47(37-46)60(4,5)6)44-35-54(66-55(36-44)52-19-8-10-23-57(52)68)42-16-11-15-41(30-42)53-34-40(28-29-65-53)49-20-13-21-51-50-18-7-9-22-56(50)67(58(49)51)48-17-12-14-39(33-48)38-24-26-45(27-25-38)61(62,63)64;/h7-29,31-37,68H,1-6H3;/q-1;. The maximum absolute atomic E-state index is 13.5. The van der Waals surface area contributed by atoms with Crippen molar-refractivity contribution in [1.82, 2.24) is 14.5 Å². The predicted molar refractivity (Wildman–Crippen MR) is 272 cm³/mol. The van der Waals surface area contributed by atoms with Gasteiger partial charge in [0, 0.05) is 66.2 Å². The molecular formula is C61H49F3N3OPt-. The predicted octanol–water partition coefficient (Wildman–Crippen LogP) is 16.7. The van der Waals surface area contributed by atoms with Crippen LogP contribution >= 0.6 is 0 Å². The SMILES string of the molecule is CC(C)(C)c1cc(-c2cc(-c3[c-]c(-c4cc(-c5cccc6c7ccccc7n(-c7cccc(-c8ccc(C(F)(F)F)cc8)c7)c56)ccn4)ccc3)nc(-c3ccccc3O)c2)cc(C(C)(C)C)c1.[Pt]. The number of rotatable bonds is 7. The Hall–Kier alpha value is -7.08. The van der Waals surface area contributed by atoms with Crippen LogP contribution in [0.4, 0.5) is 13.2 Å². The first kappa shape index (κ1) is 47.0. The number of nitrogens with zero attached hydrogens (tertiary/aromatic N) is 3. The van der Waals surface area contributed by atoms with Gasteiger partial charge in [-0.25, -0.2) is 0 Å². The van der Waals surface area contributed by atoms with Crippen molar-refractivity contribution in [2.45, 2.75) is 58.5 Å². The minimum Gasteiger partial charge on any atom is -0.507 e. The molecule has 10 aromatic rings. The van der Waals surface area contributed by atoms with Crippen LogP contribution in [0, 0.1) is 6.07 Å². The Labute approximate surface area is 415 Å². The van der Waals surface area contributed by atoms with Crippen molar-refractivity contribution in [3.63, 3.8) is 0 Å². The van der Waals surface area contributed by atoms with Crippen LogP contribution in [0.1, 0.15) is 58.2 Å². The van der Waals surface area contributed by atoms with Crippen molar-refractivity contribution >= 4 is 21.8 Å². The number of benzene rings is 7. The van der Waals surface area contributed by atoms with Crippen LogP contribution in [-0.4, -0.2) is 19.6 Å². The van der Waals surface area contributed by atoms with Crippen molar-refractivity contribution in [1.29, 1.82) is 0 Å². The van der Waals surface area contributed by atoms with E-state index in [0.29, 0.717) is 22.5 Å². The Morgan fingerprint density at radius 1 is 0.478 bits per heavy atom. The molecule has 69 heavy (non-hydrogen) atoms. The molecule has 0 aliphatic rings. The second-order valence-corrected chi connectivity index (χ2v) is 19.5. The van der Waals surface area contributed by atoms with E-state index >= 15 is 0 Å². The van der Waals surface area contributed by atoms with E-state index in [1.54, 1.807) is 6.07 Å². The molecule has 8 heteroatoms. The van der Waals surface area contributed by atoms with Gasteiger partial charge in [0.1, 0.15) is 5.75 Å². The monoisotopic (exact) mass is 1090 g/mol. The fourth-order valence-corrected chi connectivity index (χ4v) is 9.03. The van der Waals surface area contributed by atoms with E-state index in [0.717, 1.165) is 84.3 Å². The summed E-state index contributed by atoms with van der Waals surface area (Å²) in [4.78, 5) is 10.1. The number of phenolic OH excluding ortho intramolecular Hbond substituents is 1. The molecule has 0 saturated carbocycles. The third-order valence-electron chi connectivity index (χ3n) is 12.8. The molecule has 3 aromatic heterocycles. The van der Waals surface area contributed by atoms with E-state index in [1.807, 2.05) is 85.1 Å². The molecule has 0 radical (unpaired) electrons. The second-order valence-electron chi connectivity index (χ2n) is 19.5. The molecular weight excluding hydrogens is 1040 g/mol. The number of hydrogen-bond acceptors (Lipinski definition) is 3. The second kappa shape index (κ2) is 18.1. The molecule has 0 aliphatic heterocycles. The van der Waals surface area contributed by atoms with Gasteiger partial charge in [-0.1, -0.05) is 156 Å². The fraction of sp³-hybridized carbons (Fsp3) is 0.148. The number of phenols is 1. The van der Waals surface area contributed by atoms with Gasteiger partial charge in [0.25, 0.3) is 0 Å². The van der Waals surface area contributed by atoms with Crippen molar-refractivity contribution in [2.75, 3.05) is 0 Å². The number of pyridine rings is 2. The zero-order valence-corrected chi connectivity index (χ0v) is 41.3. The van der Waals surface area contributed by atoms with Crippen molar-refractivity contribution in [2.24, 2.45) is 0 Å². The molecule has 1 N–H and O–H groups in total. The summed E-state index contributed by atoms with van der Waals surface area (Å²) in [7, 11) is 0. The summed E-state index contributed by atoms with van der Waals surface area (Å²) in [5, 5.41) is 13.2. The molecule has 346 valence electrons. The Morgan fingerprint density at radius 3 is 1.78 bits per heavy atom. The summed E-state index contributed by atoms with van der Waals surface area (Å²) in [6, 6.07) is 60.0. The van der Waals surface area contributed by atoms with Gasteiger partial charge in [-0.2, -0.15) is 13.2 Å². The summed E-state index contributed by atoms with van der Waals surface area (Å²) < 4.78 is 42.6. The molecule has 0 unspecified atom stereocenters. The molecule has 10 rings (SSSR count). The average Bonchev–Trinajstić information content (AvgIpc) is 3.68. The van der Waals surface area contributed by atoms with E-state index in [1.165, 1.54) is 23.3 Å². The normalized spacial score (nSPS) is 12.1. The van der Waals surface area contributed by atoms with E-state index < -0.39 is 11.7 Å². The smallest absolute Gasteiger partial charge is 0.416 e. The van der Waals surface area contributed by atoms with Crippen LogP contribution in [0.2, 0.25) is 0 Å². The molecule has 0 saturated heterocycles. The molecule has 0 amide bonds. The average molecular weight is 1090 g/mol. The fourth-order valence-electron chi connectivity index (χ4n) is 9.03. The molecule has 0 aliphatic carbocycles. The van der Waals surface area contributed by atoms with E-state index in [-0.39, 0.29) is 37.6 Å². The first-order valence-corrected chi connectivity index (χ1v) is 22.8. The Balaban J connectivity index is 0.00000593. The first-order chi connectivity index (χ1) is 32.5. The summed E-state index contributed by atoms with van der Waals surface area (Å²) in [5.41, 5.74) is 14.4. The van der Waals surface area contributed by atoms with Crippen LogP contribution in [0.3, 0.4) is 0 Å². The Bertz CT molecular complexity index is 3510. The third-order valence-corrected chi connectivity index (χ3v) is 12.8. The number of hydrogen-bond donors (Lipinski definition) is 1. The first-order valence-electron chi connectivity index (χ1n) is 22.8. The minimum atomic E-state index is -4.41. The zero-order valence-electron chi connectivity index (χ0n) is 39.1. The molecule has 0 bridgehead atoms. The summed E-state index contributed by atoms with van der Waals surface area (Å²) in [6.07, 6.45) is -2.59. The van der Waals surface area contributed by atoms with Gasteiger partial charge < -0.3 is 9.67 Å². The van der Waals surface area contributed by atoms with Crippen LogP contribution in [0.5, 0.6) is 5.75 Å². The molecule has 0 fully saturated rings. The van der Waals surface area contributed by atoms with Crippen LogP contribution in [0.25, 0.3) is 94.6 Å². The van der Waals surface area contributed by atoms with Gasteiger partial charge >= 0.3 is 6.18 Å². The number of aromatic hydroxyl groups is 1. The van der Waals surface area contributed by atoms with E-state index in [4.69, 9.17) is 9.97 Å². The third kappa shape index (κ3) is 9.28. The Kier molecular flexibility index (Phi) is 12.3. The maximum atomic E-state index is 13.5. The molecule has 7 aromatic carbocycles. The topological polar surface area (TPSA) is 50.9 Å². The van der Waals surface area contributed by atoms with Gasteiger partial charge in [0.05, 0.1) is 22.3 Å². The van der Waals surface area contributed by atoms with Gasteiger partial charge in [-0.3, -0.25) is 9.97 Å². The van der Waals surface area contributed by atoms with Crippen LogP contribution < -0.4 is 0 Å². The quantitative estimate of drug-likeness (QED) is 0.162. The van der Waals surface area contributed by atoms with E-state index in [2.05, 4.69) is 119 Å². The molecule has 0 atom stereocenters. The number of para-hydroxylation sites is 3. The zero-order chi connectivity index (χ0) is 47.5. The number of aromatic nitrogens is 3. The number of halogens is 3. The van der Waals surface area contributed by atoms with Crippen LogP contribution in [0.15, 0.2) is 182 Å². The molecule has 4 nitrogen and oxygen atoms in total. The van der Waals surface area contributed by atoms with Gasteiger partial charge in [0.2, 0.25) is 0 Å². The number of fused-ring (bicyclic) bond motifs is 3. The molecule has 0 spiro atoms. The van der Waals surface area contributed by atoms with E-state index in [9.17, 15) is 18.3 Å². The van der Waals surface area contributed by atoms with Crippen molar-refractivity contribution in [3.05, 3.63) is 205 Å². The minimum absolute atomic E-state index is 0. The van der Waals surface area contributed by atoms with Gasteiger partial charge in [-0.05, 0) is 104 Å². The van der Waals surface area contributed by atoms with Crippen molar-refractivity contribution < 1.29 is 39.3 Å². The van der Waals surface area contributed by atoms with Crippen molar-refractivity contribution in [3.8, 4) is 78.6 Å². The summed E-state index contributed by atoms with van der Waals surface area (Å²) in [6.45, 7) is 13.4.